The molecule has 0 aliphatic heterocycles. The van der Waals surface area contributed by atoms with Gasteiger partial charge in [-0.15, -0.1) is 11.3 Å². The molecule has 3 rings (SSSR count). The fourth-order valence-electron chi connectivity index (χ4n) is 3.44. The molecule has 0 aromatic carbocycles. The van der Waals surface area contributed by atoms with Crippen molar-refractivity contribution in [3.8, 4) is 0 Å². The van der Waals surface area contributed by atoms with Crippen molar-refractivity contribution in [2.75, 3.05) is 0 Å². The first-order chi connectivity index (χ1) is 12.1. The average Bonchev–Trinajstić information content (AvgIpc) is 3.01. The molecule has 0 radical (unpaired) electrons. The van der Waals surface area contributed by atoms with E-state index in [2.05, 4.69) is 30.4 Å². The maximum atomic E-state index is 5.10. The molecule has 0 spiro atoms. The lowest BCUT2D eigenvalue weighted by molar-refractivity contribution is 0.459. The number of aromatic nitrogens is 2. The zero-order valence-corrected chi connectivity index (χ0v) is 16.9. The number of hydrogen-bond donors (Lipinski definition) is 1. The SMILES string of the molecule is C=C(N)CC.CCCC(CC)Cc1ncnc2sc3c(c12)CCCC3. The van der Waals surface area contributed by atoms with Crippen molar-refractivity contribution in [3.63, 3.8) is 0 Å². The van der Waals surface area contributed by atoms with E-state index in [0.29, 0.717) is 0 Å². The van der Waals surface area contributed by atoms with E-state index in [1.807, 2.05) is 18.3 Å². The Morgan fingerprint density at radius 1 is 1.24 bits per heavy atom. The fourth-order valence-corrected chi connectivity index (χ4v) is 4.69. The monoisotopic (exact) mass is 359 g/mol. The van der Waals surface area contributed by atoms with Crippen molar-refractivity contribution in [2.45, 2.75) is 78.6 Å². The molecule has 1 atom stereocenters. The van der Waals surface area contributed by atoms with E-state index < -0.39 is 0 Å². The van der Waals surface area contributed by atoms with Crippen molar-refractivity contribution in [1.82, 2.24) is 9.97 Å². The lowest BCUT2D eigenvalue weighted by Crippen LogP contribution is -2.07. The summed E-state index contributed by atoms with van der Waals surface area (Å²) in [5, 5.41) is 1.42. The molecule has 2 N–H and O–H groups in total. The zero-order chi connectivity index (χ0) is 18.2. The van der Waals surface area contributed by atoms with E-state index in [4.69, 9.17) is 5.73 Å². The van der Waals surface area contributed by atoms with E-state index in [-0.39, 0.29) is 0 Å². The number of hydrogen-bond acceptors (Lipinski definition) is 4. The minimum Gasteiger partial charge on any atom is -0.403 e. The van der Waals surface area contributed by atoms with E-state index >= 15 is 0 Å². The van der Waals surface area contributed by atoms with Crippen molar-refractivity contribution in [1.29, 1.82) is 0 Å². The van der Waals surface area contributed by atoms with Crippen LogP contribution in [0.3, 0.4) is 0 Å². The highest BCUT2D eigenvalue weighted by atomic mass is 32.1. The van der Waals surface area contributed by atoms with Gasteiger partial charge in [-0.2, -0.15) is 0 Å². The third-order valence-electron chi connectivity index (χ3n) is 5.04. The summed E-state index contributed by atoms with van der Waals surface area (Å²) in [7, 11) is 0. The first-order valence-corrected chi connectivity index (χ1v) is 10.6. The first kappa shape index (κ1) is 19.9. The Morgan fingerprint density at radius 2 is 1.96 bits per heavy atom. The quantitative estimate of drug-likeness (QED) is 0.708. The van der Waals surface area contributed by atoms with Crippen molar-refractivity contribution < 1.29 is 0 Å². The number of thiophene rings is 1. The van der Waals surface area contributed by atoms with Crippen LogP contribution in [0.15, 0.2) is 18.6 Å². The first-order valence-electron chi connectivity index (χ1n) is 9.77. The second-order valence-corrected chi connectivity index (χ2v) is 8.07. The van der Waals surface area contributed by atoms with E-state index in [1.54, 1.807) is 16.8 Å². The Labute approximate surface area is 156 Å². The summed E-state index contributed by atoms with van der Waals surface area (Å²) >= 11 is 1.91. The number of rotatable bonds is 6. The molecule has 1 aliphatic carbocycles. The number of nitrogens with zero attached hydrogens (tertiary/aromatic N) is 2. The standard InChI is InChI=1S/C17H24N2S.C4H9N/c1-3-7-12(4-2)10-14-16-13-8-5-6-9-15(13)20-17(16)19-11-18-14;1-3-4(2)5/h11-12H,3-10H2,1-2H3;2-3,5H2,1H3. The van der Waals surface area contributed by atoms with Gasteiger partial charge in [0.15, 0.2) is 0 Å². The smallest absolute Gasteiger partial charge is 0.127 e. The molecule has 0 bridgehead atoms. The molecule has 1 unspecified atom stereocenters. The van der Waals surface area contributed by atoms with Crippen LogP contribution in [0.4, 0.5) is 0 Å². The van der Waals surface area contributed by atoms with Crippen LogP contribution in [-0.4, -0.2) is 9.97 Å². The van der Waals surface area contributed by atoms with E-state index in [1.165, 1.54) is 60.9 Å². The maximum Gasteiger partial charge on any atom is 0.127 e. The third-order valence-corrected chi connectivity index (χ3v) is 6.24. The molecule has 4 heteroatoms. The van der Waals surface area contributed by atoms with Crippen molar-refractivity contribution >= 4 is 21.6 Å². The van der Waals surface area contributed by atoms with Crippen LogP contribution in [0.2, 0.25) is 0 Å². The van der Waals surface area contributed by atoms with Crippen LogP contribution in [0, 0.1) is 5.92 Å². The van der Waals surface area contributed by atoms with Crippen molar-refractivity contribution in [3.05, 3.63) is 34.7 Å². The highest BCUT2D eigenvalue weighted by Gasteiger charge is 2.20. The molecular weight excluding hydrogens is 326 g/mol. The molecule has 2 aromatic heterocycles. The minimum absolute atomic E-state index is 0.755. The topological polar surface area (TPSA) is 51.8 Å². The second kappa shape index (κ2) is 9.91. The van der Waals surface area contributed by atoms with Gasteiger partial charge < -0.3 is 5.73 Å². The van der Waals surface area contributed by atoms with Crippen LogP contribution in [-0.2, 0) is 19.3 Å². The van der Waals surface area contributed by atoms with Gasteiger partial charge in [-0.3, -0.25) is 0 Å². The molecule has 2 aromatic rings. The molecular formula is C21H33N3S. The second-order valence-electron chi connectivity index (χ2n) is 6.99. The molecule has 1 aliphatic rings. The maximum absolute atomic E-state index is 5.10. The average molecular weight is 360 g/mol. The van der Waals surface area contributed by atoms with Gasteiger partial charge in [-0.1, -0.05) is 46.6 Å². The molecule has 0 saturated heterocycles. The van der Waals surface area contributed by atoms with Crippen LogP contribution in [0.25, 0.3) is 10.2 Å². The summed E-state index contributed by atoms with van der Waals surface area (Å²) in [5.41, 5.74) is 8.75. The predicted octanol–water partition coefficient (Wildman–Crippen LogP) is 5.81. The van der Waals surface area contributed by atoms with Gasteiger partial charge in [-0.05, 0) is 50.0 Å². The highest BCUT2D eigenvalue weighted by Crippen LogP contribution is 2.37. The number of fused-ring (bicyclic) bond motifs is 3. The number of nitrogens with two attached hydrogens (primary N) is 1. The van der Waals surface area contributed by atoms with Crippen LogP contribution < -0.4 is 5.73 Å². The Balaban J connectivity index is 0.000000399. The summed E-state index contributed by atoms with van der Waals surface area (Å²) in [6.45, 7) is 10.0. The minimum atomic E-state index is 0.755. The zero-order valence-electron chi connectivity index (χ0n) is 16.1. The molecule has 3 nitrogen and oxygen atoms in total. The van der Waals surface area contributed by atoms with Gasteiger partial charge in [-0.25, -0.2) is 9.97 Å². The van der Waals surface area contributed by atoms with E-state index in [0.717, 1.165) is 24.5 Å². The summed E-state index contributed by atoms with van der Waals surface area (Å²) in [6.07, 6.45) is 12.8. The Bertz CT molecular complexity index is 690. The highest BCUT2D eigenvalue weighted by molar-refractivity contribution is 7.18. The summed E-state index contributed by atoms with van der Waals surface area (Å²) in [4.78, 5) is 12.0. The fraction of sp³-hybridized carbons (Fsp3) is 0.619. The van der Waals surface area contributed by atoms with Gasteiger partial charge in [0.1, 0.15) is 11.2 Å². The van der Waals surface area contributed by atoms with Gasteiger partial charge in [0.2, 0.25) is 0 Å². The number of allylic oxidation sites excluding steroid dienone is 1. The summed E-state index contributed by atoms with van der Waals surface area (Å²) in [5.74, 6) is 0.775. The van der Waals surface area contributed by atoms with Crippen LogP contribution in [0.5, 0.6) is 0 Å². The third kappa shape index (κ3) is 5.27. The molecule has 138 valence electrons. The van der Waals surface area contributed by atoms with Crippen LogP contribution in [0.1, 0.15) is 75.4 Å². The molecule has 0 amide bonds. The van der Waals surface area contributed by atoms with Gasteiger partial charge >= 0.3 is 0 Å². The molecule has 0 fully saturated rings. The Hall–Kier alpha value is -1.42. The van der Waals surface area contributed by atoms with Crippen molar-refractivity contribution in [2.24, 2.45) is 11.7 Å². The predicted molar refractivity (Wildman–Crippen MR) is 110 cm³/mol. The molecule has 0 saturated carbocycles. The molecule has 25 heavy (non-hydrogen) atoms. The van der Waals surface area contributed by atoms with E-state index in [9.17, 15) is 0 Å². The summed E-state index contributed by atoms with van der Waals surface area (Å²) in [6, 6.07) is 0. The lowest BCUT2D eigenvalue weighted by atomic mass is 9.91. The van der Waals surface area contributed by atoms with Crippen LogP contribution >= 0.6 is 11.3 Å². The Kier molecular flexibility index (Phi) is 7.89. The largest absolute Gasteiger partial charge is 0.403 e. The normalized spacial score (nSPS) is 14.5. The molecule has 2 heterocycles. The van der Waals surface area contributed by atoms with Gasteiger partial charge in [0.25, 0.3) is 0 Å². The Morgan fingerprint density at radius 3 is 2.60 bits per heavy atom. The number of aryl methyl sites for hydroxylation is 2. The van der Waals surface area contributed by atoms with Gasteiger partial charge in [0.05, 0.1) is 5.69 Å². The summed E-state index contributed by atoms with van der Waals surface area (Å²) < 4.78 is 0. The van der Waals surface area contributed by atoms with Gasteiger partial charge in [0, 0.05) is 16.0 Å². The lowest BCUT2D eigenvalue weighted by Gasteiger charge is -2.15.